The van der Waals surface area contributed by atoms with Crippen LogP contribution < -0.4 is 9.64 Å². The van der Waals surface area contributed by atoms with Crippen molar-refractivity contribution >= 4 is 11.8 Å². The molecule has 0 spiro atoms. The van der Waals surface area contributed by atoms with Crippen LogP contribution in [0, 0.1) is 0 Å². The Hall–Kier alpha value is -2.60. The van der Waals surface area contributed by atoms with Gasteiger partial charge in [-0.05, 0) is 36.2 Å². The van der Waals surface area contributed by atoms with E-state index in [2.05, 4.69) is 9.88 Å². The van der Waals surface area contributed by atoms with Crippen LogP contribution in [0.25, 0.3) is 0 Å². The van der Waals surface area contributed by atoms with Gasteiger partial charge in [0.25, 0.3) is 0 Å². The van der Waals surface area contributed by atoms with Gasteiger partial charge in [-0.15, -0.1) is 0 Å². The first-order chi connectivity index (χ1) is 12.7. The van der Waals surface area contributed by atoms with Crippen LogP contribution in [0.15, 0.2) is 48.7 Å². The van der Waals surface area contributed by atoms with Gasteiger partial charge in [0.1, 0.15) is 17.6 Å². The fourth-order valence-corrected chi connectivity index (χ4v) is 3.25. The van der Waals surface area contributed by atoms with Crippen LogP contribution in [-0.4, -0.2) is 53.7 Å². The minimum atomic E-state index is -0.830. The summed E-state index contributed by atoms with van der Waals surface area (Å²) in [6.07, 6.45) is 2.70. The highest BCUT2D eigenvalue weighted by atomic mass is 16.5. The van der Waals surface area contributed by atoms with Gasteiger partial charge in [-0.25, -0.2) is 4.98 Å². The third-order valence-corrected chi connectivity index (χ3v) is 4.53. The normalized spacial score (nSPS) is 16.3. The summed E-state index contributed by atoms with van der Waals surface area (Å²) in [5.41, 5.74) is 0.761. The lowest BCUT2D eigenvalue weighted by molar-refractivity contribution is -0.143. The van der Waals surface area contributed by atoms with Gasteiger partial charge in [-0.1, -0.05) is 25.1 Å². The van der Waals surface area contributed by atoms with Crippen molar-refractivity contribution in [3.63, 3.8) is 0 Å². The van der Waals surface area contributed by atoms with Crippen molar-refractivity contribution in [2.24, 2.45) is 0 Å². The van der Waals surface area contributed by atoms with Crippen molar-refractivity contribution in [3.8, 4) is 5.75 Å². The fraction of sp³-hybridized carbons (Fsp3) is 0.400. The summed E-state index contributed by atoms with van der Waals surface area (Å²) in [5.74, 6) is 0.834. The van der Waals surface area contributed by atoms with E-state index in [1.807, 2.05) is 54.3 Å². The molecule has 1 unspecified atom stereocenters. The molecule has 6 heteroatoms. The van der Waals surface area contributed by atoms with Crippen LogP contribution in [0.3, 0.4) is 0 Å². The van der Waals surface area contributed by atoms with Crippen molar-refractivity contribution in [3.05, 3.63) is 54.2 Å². The number of aliphatic carboxylic acids is 1. The average molecular weight is 355 g/mol. The molecule has 1 fully saturated rings. The number of nitrogens with zero attached hydrogens (tertiary/aromatic N) is 3. The van der Waals surface area contributed by atoms with Crippen molar-refractivity contribution in [2.45, 2.75) is 19.4 Å². The van der Waals surface area contributed by atoms with E-state index >= 15 is 0 Å². The van der Waals surface area contributed by atoms with Crippen LogP contribution in [0.4, 0.5) is 5.82 Å². The van der Waals surface area contributed by atoms with E-state index in [1.165, 1.54) is 0 Å². The summed E-state index contributed by atoms with van der Waals surface area (Å²) >= 11 is 0. The Balaban J connectivity index is 1.70. The van der Waals surface area contributed by atoms with Crippen LogP contribution in [-0.2, 0) is 4.79 Å². The van der Waals surface area contributed by atoms with Crippen LogP contribution in [0.5, 0.6) is 5.75 Å². The number of benzene rings is 1. The molecule has 0 radical (unpaired) electrons. The minimum absolute atomic E-state index is 0.629. The number of anilines is 1. The number of pyridine rings is 1. The summed E-state index contributed by atoms with van der Waals surface area (Å²) in [4.78, 5) is 20.6. The number of carboxylic acid groups (broad SMARTS) is 1. The van der Waals surface area contributed by atoms with E-state index in [-0.39, 0.29) is 0 Å². The smallest absolute Gasteiger partial charge is 0.325 e. The van der Waals surface area contributed by atoms with E-state index in [4.69, 9.17) is 4.74 Å². The fourth-order valence-electron chi connectivity index (χ4n) is 3.25. The molecule has 0 bridgehead atoms. The second-order valence-electron chi connectivity index (χ2n) is 6.37. The third kappa shape index (κ3) is 4.32. The second-order valence-corrected chi connectivity index (χ2v) is 6.37. The minimum Gasteiger partial charge on any atom is -0.494 e. The quantitative estimate of drug-likeness (QED) is 0.824. The summed E-state index contributed by atoms with van der Waals surface area (Å²) in [6, 6.07) is 12.6. The molecular weight excluding hydrogens is 330 g/mol. The van der Waals surface area contributed by atoms with Crippen molar-refractivity contribution in [1.82, 2.24) is 9.88 Å². The predicted octanol–water partition coefficient (Wildman–Crippen LogP) is 2.82. The van der Waals surface area contributed by atoms with Gasteiger partial charge in [-0.3, -0.25) is 9.69 Å². The molecule has 138 valence electrons. The Kier molecular flexibility index (Phi) is 6.07. The van der Waals surface area contributed by atoms with Crippen LogP contribution in [0.2, 0.25) is 0 Å². The topological polar surface area (TPSA) is 65.9 Å². The molecule has 2 heterocycles. The number of ether oxygens (including phenoxy) is 1. The van der Waals surface area contributed by atoms with Gasteiger partial charge < -0.3 is 14.7 Å². The zero-order valence-electron chi connectivity index (χ0n) is 15.0. The lowest BCUT2D eigenvalue weighted by atomic mass is 10.0. The monoisotopic (exact) mass is 355 g/mol. The molecule has 1 atom stereocenters. The summed E-state index contributed by atoms with van der Waals surface area (Å²) < 4.78 is 5.66. The standard InChI is InChI=1S/C20H25N3O3/c1-2-14-26-17-7-5-6-16(15-17)19(20(24)25)23-12-10-22(11-13-23)18-8-3-4-9-21-18/h3-9,15,19H,2,10-14H2,1H3,(H,24,25). The molecule has 0 amide bonds. The molecule has 1 aromatic heterocycles. The first kappa shape index (κ1) is 18.2. The van der Waals surface area contributed by atoms with E-state index < -0.39 is 12.0 Å². The molecule has 2 aromatic rings. The highest BCUT2D eigenvalue weighted by molar-refractivity contribution is 5.75. The van der Waals surface area contributed by atoms with Gasteiger partial charge in [-0.2, -0.15) is 0 Å². The Labute approximate surface area is 154 Å². The predicted molar refractivity (Wildman–Crippen MR) is 101 cm³/mol. The van der Waals surface area contributed by atoms with Gasteiger partial charge in [0, 0.05) is 32.4 Å². The van der Waals surface area contributed by atoms with E-state index in [0.717, 1.165) is 36.6 Å². The highest BCUT2D eigenvalue weighted by Gasteiger charge is 2.30. The first-order valence-corrected chi connectivity index (χ1v) is 9.04. The lowest BCUT2D eigenvalue weighted by Crippen LogP contribution is -2.49. The Bertz CT molecular complexity index is 715. The summed E-state index contributed by atoms with van der Waals surface area (Å²) in [5, 5.41) is 9.82. The molecule has 3 rings (SSSR count). The van der Waals surface area contributed by atoms with Gasteiger partial charge in [0.15, 0.2) is 0 Å². The van der Waals surface area contributed by atoms with E-state index in [1.54, 1.807) is 6.20 Å². The zero-order chi connectivity index (χ0) is 18.4. The molecule has 1 saturated heterocycles. The third-order valence-electron chi connectivity index (χ3n) is 4.53. The summed E-state index contributed by atoms with van der Waals surface area (Å²) in [6.45, 7) is 5.54. The number of hydrogen-bond donors (Lipinski definition) is 1. The molecular formula is C20H25N3O3. The van der Waals surface area contributed by atoms with Gasteiger partial charge in [0.05, 0.1) is 6.61 Å². The number of piperazine rings is 1. The Morgan fingerprint density at radius 3 is 2.65 bits per heavy atom. The zero-order valence-corrected chi connectivity index (χ0v) is 15.0. The molecule has 0 saturated carbocycles. The number of carbonyl (C=O) groups is 1. The molecule has 1 aromatic carbocycles. The van der Waals surface area contributed by atoms with E-state index in [0.29, 0.717) is 19.7 Å². The molecule has 1 N–H and O–H groups in total. The van der Waals surface area contributed by atoms with Crippen molar-refractivity contribution in [1.29, 1.82) is 0 Å². The highest BCUT2D eigenvalue weighted by Crippen LogP contribution is 2.26. The maximum atomic E-state index is 12.0. The van der Waals surface area contributed by atoms with Crippen LogP contribution in [0.1, 0.15) is 24.9 Å². The first-order valence-electron chi connectivity index (χ1n) is 9.04. The van der Waals surface area contributed by atoms with Crippen molar-refractivity contribution in [2.75, 3.05) is 37.7 Å². The maximum absolute atomic E-state index is 12.0. The SMILES string of the molecule is CCCOc1cccc(C(C(=O)O)N2CCN(c3ccccn3)CC2)c1. The lowest BCUT2D eigenvalue weighted by Gasteiger charge is -2.38. The molecule has 6 nitrogen and oxygen atoms in total. The molecule has 1 aliphatic heterocycles. The molecule has 0 aliphatic carbocycles. The van der Waals surface area contributed by atoms with Gasteiger partial charge in [0.2, 0.25) is 0 Å². The Morgan fingerprint density at radius 1 is 1.19 bits per heavy atom. The summed E-state index contributed by atoms with van der Waals surface area (Å²) in [7, 11) is 0. The number of hydrogen-bond acceptors (Lipinski definition) is 5. The molecule has 26 heavy (non-hydrogen) atoms. The number of aromatic nitrogens is 1. The largest absolute Gasteiger partial charge is 0.494 e. The number of carboxylic acids is 1. The second kappa shape index (κ2) is 8.67. The van der Waals surface area contributed by atoms with E-state index in [9.17, 15) is 9.90 Å². The Morgan fingerprint density at radius 2 is 2.00 bits per heavy atom. The van der Waals surface area contributed by atoms with Crippen LogP contribution >= 0.6 is 0 Å². The number of rotatable bonds is 7. The molecule has 1 aliphatic rings. The average Bonchev–Trinajstić information content (AvgIpc) is 2.68. The van der Waals surface area contributed by atoms with Gasteiger partial charge >= 0.3 is 5.97 Å². The van der Waals surface area contributed by atoms with Crippen molar-refractivity contribution < 1.29 is 14.6 Å². The maximum Gasteiger partial charge on any atom is 0.325 e.